The topological polar surface area (TPSA) is 86.8 Å². The molecule has 2 amide bonds. The van der Waals surface area contributed by atoms with E-state index in [4.69, 9.17) is 0 Å². The number of hydrogen-bond acceptors (Lipinski definition) is 4. The SMILES string of the molecule is CC[C@H](C(=O)NC1CCCC1)N(Cc1cccc(C)c1)C(=O)CN(c1cc(C)ccc1C)S(=O)(=O)c1ccc(C)cc1. The molecule has 0 aromatic heterocycles. The van der Waals surface area contributed by atoms with Crippen LogP contribution in [0.3, 0.4) is 0 Å². The summed E-state index contributed by atoms with van der Waals surface area (Å²) in [7, 11) is -4.10. The van der Waals surface area contributed by atoms with Crippen molar-refractivity contribution >= 4 is 27.5 Å². The molecule has 1 saturated carbocycles. The molecule has 0 heterocycles. The van der Waals surface area contributed by atoms with Crippen molar-refractivity contribution < 1.29 is 18.0 Å². The molecule has 0 spiro atoms. The molecule has 7 nitrogen and oxygen atoms in total. The highest BCUT2D eigenvalue weighted by Crippen LogP contribution is 2.29. The summed E-state index contributed by atoms with van der Waals surface area (Å²) in [6, 6.07) is 19.4. The van der Waals surface area contributed by atoms with Gasteiger partial charge in [0.05, 0.1) is 10.6 Å². The van der Waals surface area contributed by atoms with E-state index < -0.39 is 28.5 Å². The largest absolute Gasteiger partial charge is 0.352 e. The van der Waals surface area contributed by atoms with E-state index in [-0.39, 0.29) is 23.4 Å². The van der Waals surface area contributed by atoms with Crippen LogP contribution in [0.1, 0.15) is 66.8 Å². The average molecular weight is 590 g/mol. The molecule has 4 rings (SSSR count). The zero-order valence-corrected chi connectivity index (χ0v) is 26.2. The van der Waals surface area contributed by atoms with E-state index in [0.29, 0.717) is 12.1 Å². The zero-order chi connectivity index (χ0) is 30.4. The van der Waals surface area contributed by atoms with Crippen LogP contribution in [0, 0.1) is 27.7 Å². The summed E-state index contributed by atoms with van der Waals surface area (Å²) >= 11 is 0. The van der Waals surface area contributed by atoms with Gasteiger partial charge in [0.25, 0.3) is 10.0 Å². The zero-order valence-electron chi connectivity index (χ0n) is 25.4. The van der Waals surface area contributed by atoms with E-state index in [0.717, 1.165) is 53.5 Å². The van der Waals surface area contributed by atoms with Crippen LogP contribution >= 0.6 is 0 Å². The number of nitrogens with zero attached hydrogens (tertiary/aromatic N) is 2. The number of nitrogens with one attached hydrogen (secondary N) is 1. The molecule has 0 saturated heterocycles. The van der Waals surface area contributed by atoms with Crippen molar-refractivity contribution in [2.24, 2.45) is 0 Å². The number of carbonyl (C=O) groups excluding carboxylic acids is 2. The van der Waals surface area contributed by atoms with Crippen LogP contribution in [0.15, 0.2) is 71.6 Å². The molecule has 3 aromatic rings. The predicted molar refractivity (Wildman–Crippen MR) is 168 cm³/mol. The maximum absolute atomic E-state index is 14.3. The lowest BCUT2D eigenvalue weighted by Gasteiger charge is -2.34. The number of benzene rings is 3. The second-order valence-corrected chi connectivity index (χ2v) is 13.4. The molecular weight excluding hydrogens is 546 g/mol. The highest BCUT2D eigenvalue weighted by Gasteiger charge is 2.35. The number of sulfonamides is 1. The normalized spacial score (nSPS) is 14.4. The summed E-state index contributed by atoms with van der Waals surface area (Å²) in [4.78, 5) is 29.6. The summed E-state index contributed by atoms with van der Waals surface area (Å²) in [5.74, 6) is -0.619. The summed E-state index contributed by atoms with van der Waals surface area (Å²) in [6.07, 6.45) is 4.43. The van der Waals surface area contributed by atoms with Gasteiger partial charge in [-0.1, -0.05) is 79.4 Å². The summed E-state index contributed by atoms with van der Waals surface area (Å²) < 4.78 is 29.5. The molecule has 1 atom stereocenters. The molecule has 224 valence electrons. The number of amides is 2. The van der Waals surface area contributed by atoms with Gasteiger partial charge in [0.1, 0.15) is 12.6 Å². The van der Waals surface area contributed by atoms with Crippen molar-refractivity contribution in [1.29, 1.82) is 0 Å². The molecule has 0 unspecified atom stereocenters. The number of anilines is 1. The summed E-state index contributed by atoms with van der Waals surface area (Å²) in [6.45, 7) is 9.27. The number of rotatable bonds is 11. The minimum atomic E-state index is -4.10. The first-order valence-corrected chi connectivity index (χ1v) is 16.3. The van der Waals surface area contributed by atoms with Crippen molar-refractivity contribution in [2.45, 2.75) is 90.2 Å². The lowest BCUT2D eigenvalue weighted by Crippen LogP contribution is -2.53. The van der Waals surface area contributed by atoms with Crippen LogP contribution in [0.5, 0.6) is 0 Å². The van der Waals surface area contributed by atoms with Gasteiger partial charge >= 0.3 is 0 Å². The maximum Gasteiger partial charge on any atom is 0.264 e. The summed E-state index contributed by atoms with van der Waals surface area (Å²) in [5, 5.41) is 3.16. The Bertz CT molecular complexity index is 1510. The molecule has 1 aliphatic rings. The molecule has 3 aromatic carbocycles. The minimum Gasteiger partial charge on any atom is -0.352 e. The molecule has 42 heavy (non-hydrogen) atoms. The Morgan fingerprint density at radius 2 is 1.52 bits per heavy atom. The number of aryl methyl sites for hydroxylation is 4. The third-order valence-corrected chi connectivity index (χ3v) is 9.82. The molecule has 1 aliphatic carbocycles. The highest BCUT2D eigenvalue weighted by molar-refractivity contribution is 7.92. The minimum absolute atomic E-state index is 0.107. The van der Waals surface area contributed by atoms with E-state index in [9.17, 15) is 18.0 Å². The highest BCUT2D eigenvalue weighted by atomic mass is 32.2. The lowest BCUT2D eigenvalue weighted by molar-refractivity contribution is -0.140. The lowest BCUT2D eigenvalue weighted by atomic mass is 10.1. The Kier molecular flexibility index (Phi) is 10.1. The average Bonchev–Trinajstić information content (AvgIpc) is 3.46. The third kappa shape index (κ3) is 7.40. The van der Waals surface area contributed by atoms with Crippen molar-refractivity contribution in [2.75, 3.05) is 10.8 Å². The van der Waals surface area contributed by atoms with E-state index in [1.165, 1.54) is 4.31 Å². The van der Waals surface area contributed by atoms with Crippen LogP contribution < -0.4 is 9.62 Å². The molecular formula is C34H43N3O4S. The predicted octanol–water partition coefficient (Wildman–Crippen LogP) is 5.98. The van der Waals surface area contributed by atoms with Gasteiger partial charge < -0.3 is 10.2 Å². The van der Waals surface area contributed by atoms with Crippen LogP contribution in [0.4, 0.5) is 5.69 Å². The maximum atomic E-state index is 14.3. The second kappa shape index (κ2) is 13.6. The van der Waals surface area contributed by atoms with E-state index in [2.05, 4.69) is 5.32 Å². The van der Waals surface area contributed by atoms with Gasteiger partial charge in [-0.3, -0.25) is 13.9 Å². The summed E-state index contributed by atoms with van der Waals surface area (Å²) in [5.41, 5.74) is 4.93. The molecule has 0 radical (unpaired) electrons. The van der Waals surface area contributed by atoms with E-state index in [1.807, 2.05) is 71.0 Å². The van der Waals surface area contributed by atoms with Crippen molar-refractivity contribution in [3.05, 3.63) is 94.5 Å². The van der Waals surface area contributed by atoms with Crippen LogP contribution in [-0.2, 0) is 26.2 Å². The van der Waals surface area contributed by atoms with Crippen molar-refractivity contribution in [1.82, 2.24) is 10.2 Å². The first kappa shape index (κ1) is 31.3. The van der Waals surface area contributed by atoms with Crippen LogP contribution in [0.25, 0.3) is 0 Å². The third-order valence-electron chi connectivity index (χ3n) is 8.04. The fourth-order valence-corrected chi connectivity index (χ4v) is 7.10. The van der Waals surface area contributed by atoms with E-state index >= 15 is 0 Å². The van der Waals surface area contributed by atoms with Gasteiger partial charge in [-0.25, -0.2) is 8.42 Å². The second-order valence-electron chi connectivity index (χ2n) is 11.5. The monoisotopic (exact) mass is 589 g/mol. The Morgan fingerprint density at radius 3 is 2.17 bits per heavy atom. The van der Waals surface area contributed by atoms with Crippen molar-refractivity contribution in [3.8, 4) is 0 Å². The Hall–Kier alpha value is -3.65. The Labute approximate surface area is 251 Å². The Morgan fingerprint density at radius 1 is 0.881 bits per heavy atom. The van der Waals surface area contributed by atoms with Gasteiger partial charge in [0.2, 0.25) is 11.8 Å². The Balaban J connectivity index is 1.75. The standard InChI is InChI=1S/C34H43N3O4S/c1-6-31(34(39)35-29-12-7-8-13-29)36(22-28-11-9-10-25(3)20-28)33(38)23-37(32-21-26(4)14-17-27(32)5)42(40,41)30-18-15-24(2)16-19-30/h9-11,14-21,29,31H,6-8,12-13,22-23H2,1-5H3,(H,35,39)/t31-/m1/s1. The fraction of sp³-hybridized carbons (Fsp3) is 0.412. The van der Waals surface area contributed by atoms with Gasteiger partial charge in [-0.2, -0.15) is 0 Å². The van der Waals surface area contributed by atoms with Crippen LogP contribution in [0.2, 0.25) is 0 Å². The van der Waals surface area contributed by atoms with Gasteiger partial charge in [0, 0.05) is 12.6 Å². The number of hydrogen-bond donors (Lipinski definition) is 1. The first-order valence-electron chi connectivity index (χ1n) is 14.8. The van der Waals surface area contributed by atoms with Crippen LogP contribution in [-0.4, -0.2) is 43.8 Å². The first-order chi connectivity index (χ1) is 20.0. The van der Waals surface area contributed by atoms with E-state index in [1.54, 1.807) is 35.2 Å². The quantitative estimate of drug-likeness (QED) is 0.298. The van der Waals surface area contributed by atoms with Gasteiger partial charge in [0.15, 0.2) is 0 Å². The molecule has 1 N–H and O–H groups in total. The molecule has 0 aliphatic heterocycles. The fourth-order valence-electron chi connectivity index (χ4n) is 5.63. The smallest absolute Gasteiger partial charge is 0.264 e. The molecule has 0 bridgehead atoms. The van der Waals surface area contributed by atoms with Gasteiger partial charge in [-0.15, -0.1) is 0 Å². The molecule has 1 fully saturated rings. The van der Waals surface area contributed by atoms with Gasteiger partial charge in [-0.05, 0) is 81.8 Å². The number of carbonyl (C=O) groups is 2. The molecule has 8 heteroatoms. The van der Waals surface area contributed by atoms with Crippen molar-refractivity contribution in [3.63, 3.8) is 0 Å².